The molecule has 4 nitrogen and oxygen atoms in total. The Balaban J connectivity index is 2.10. The number of ether oxygens (including phenoxy) is 2. The summed E-state index contributed by atoms with van der Waals surface area (Å²) in [6.45, 7) is 3.83. The average Bonchev–Trinajstić information content (AvgIpc) is 2.56. The maximum absolute atomic E-state index is 9.50. The molecule has 0 aromatic carbocycles. The fourth-order valence-electron chi connectivity index (χ4n) is 1.85. The fraction of sp³-hybridized carbons (Fsp3) is 1.00. The summed E-state index contributed by atoms with van der Waals surface area (Å²) in [5, 5.41) is 9.50. The van der Waals surface area contributed by atoms with E-state index in [2.05, 4.69) is 4.90 Å². The number of nitrogens with zero attached hydrogens (tertiary/aromatic N) is 1. The minimum atomic E-state index is -0.382. The maximum atomic E-state index is 9.50. The van der Waals surface area contributed by atoms with E-state index in [1.807, 2.05) is 7.05 Å². The van der Waals surface area contributed by atoms with Crippen molar-refractivity contribution in [3.8, 4) is 0 Å². The second-order valence-electron chi connectivity index (χ2n) is 4.06. The van der Waals surface area contributed by atoms with Crippen molar-refractivity contribution < 1.29 is 14.6 Å². The van der Waals surface area contributed by atoms with Crippen LogP contribution in [0.1, 0.15) is 6.42 Å². The van der Waals surface area contributed by atoms with Crippen molar-refractivity contribution in [1.29, 1.82) is 0 Å². The van der Waals surface area contributed by atoms with Gasteiger partial charge in [-0.25, -0.2) is 0 Å². The van der Waals surface area contributed by atoms with Gasteiger partial charge in [0.25, 0.3) is 0 Å². The Bertz CT molecular complexity index is 148. The lowest BCUT2D eigenvalue weighted by molar-refractivity contribution is 0.0398. The van der Waals surface area contributed by atoms with Crippen LogP contribution in [-0.2, 0) is 9.47 Å². The van der Waals surface area contributed by atoms with Crippen molar-refractivity contribution in [3.05, 3.63) is 0 Å². The quantitative estimate of drug-likeness (QED) is 0.658. The van der Waals surface area contributed by atoms with Gasteiger partial charge in [-0.1, -0.05) is 0 Å². The number of hydrogen-bond donors (Lipinski definition) is 1. The first-order valence-corrected chi connectivity index (χ1v) is 5.15. The summed E-state index contributed by atoms with van der Waals surface area (Å²) in [6, 6.07) is 0. The van der Waals surface area contributed by atoms with E-state index in [9.17, 15) is 5.11 Å². The molecule has 0 bridgehead atoms. The highest BCUT2D eigenvalue weighted by atomic mass is 16.5. The van der Waals surface area contributed by atoms with E-state index in [0.717, 1.165) is 26.2 Å². The SMILES string of the molecule is COCC(O)CN(C)CC1CCOC1. The number of methoxy groups -OCH3 is 1. The molecule has 4 heteroatoms. The summed E-state index contributed by atoms with van der Waals surface area (Å²) in [4.78, 5) is 2.14. The van der Waals surface area contributed by atoms with Crippen LogP contribution in [0.15, 0.2) is 0 Å². The highest BCUT2D eigenvalue weighted by Crippen LogP contribution is 2.13. The standard InChI is InChI=1S/C10H21NO3/c1-11(6-10(12)8-13-2)5-9-3-4-14-7-9/h9-10,12H,3-8H2,1-2H3. The molecule has 1 aliphatic rings. The molecule has 0 spiro atoms. The van der Waals surface area contributed by atoms with Gasteiger partial charge >= 0.3 is 0 Å². The number of aliphatic hydroxyl groups excluding tert-OH is 1. The molecule has 14 heavy (non-hydrogen) atoms. The molecule has 1 rings (SSSR count). The van der Waals surface area contributed by atoms with Gasteiger partial charge in [0.05, 0.1) is 19.3 Å². The van der Waals surface area contributed by atoms with Crippen LogP contribution in [0.3, 0.4) is 0 Å². The molecule has 1 N–H and O–H groups in total. The Morgan fingerprint density at radius 1 is 1.64 bits per heavy atom. The highest BCUT2D eigenvalue weighted by molar-refractivity contribution is 4.69. The molecule has 84 valence electrons. The molecule has 0 aromatic heterocycles. The zero-order valence-electron chi connectivity index (χ0n) is 9.11. The Morgan fingerprint density at radius 3 is 3.00 bits per heavy atom. The zero-order chi connectivity index (χ0) is 10.4. The van der Waals surface area contributed by atoms with Crippen molar-refractivity contribution in [1.82, 2.24) is 4.90 Å². The van der Waals surface area contributed by atoms with Crippen LogP contribution >= 0.6 is 0 Å². The second kappa shape index (κ2) is 6.35. The molecule has 1 aliphatic heterocycles. The van der Waals surface area contributed by atoms with E-state index < -0.39 is 0 Å². The number of likely N-dealkylation sites (N-methyl/N-ethyl adjacent to an activating group) is 1. The van der Waals surface area contributed by atoms with Crippen molar-refractivity contribution in [3.63, 3.8) is 0 Å². The van der Waals surface area contributed by atoms with Gasteiger partial charge in [-0.2, -0.15) is 0 Å². The third kappa shape index (κ3) is 4.37. The van der Waals surface area contributed by atoms with Crippen LogP contribution in [0.5, 0.6) is 0 Å². The van der Waals surface area contributed by atoms with E-state index in [4.69, 9.17) is 9.47 Å². The van der Waals surface area contributed by atoms with Gasteiger partial charge in [0.1, 0.15) is 0 Å². The molecule has 1 saturated heterocycles. The first-order chi connectivity index (χ1) is 6.72. The van der Waals surface area contributed by atoms with Crippen LogP contribution < -0.4 is 0 Å². The summed E-state index contributed by atoms with van der Waals surface area (Å²) >= 11 is 0. The molecular weight excluding hydrogens is 182 g/mol. The summed E-state index contributed by atoms with van der Waals surface area (Å²) in [7, 11) is 3.63. The molecule has 0 radical (unpaired) electrons. The molecule has 2 unspecified atom stereocenters. The molecule has 0 saturated carbocycles. The first-order valence-electron chi connectivity index (χ1n) is 5.15. The average molecular weight is 203 g/mol. The minimum Gasteiger partial charge on any atom is -0.389 e. The van der Waals surface area contributed by atoms with Crippen LogP contribution in [0, 0.1) is 5.92 Å². The Morgan fingerprint density at radius 2 is 2.43 bits per heavy atom. The summed E-state index contributed by atoms with van der Waals surface area (Å²) in [6.07, 6.45) is 0.761. The highest BCUT2D eigenvalue weighted by Gasteiger charge is 2.18. The van der Waals surface area contributed by atoms with Gasteiger partial charge in [-0.05, 0) is 19.4 Å². The lowest BCUT2D eigenvalue weighted by Gasteiger charge is -2.22. The van der Waals surface area contributed by atoms with E-state index in [1.54, 1.807) is 7.11 Å². The van der Waals surface area contributed by atoms with Crippen molar-refractivity contribution in [2.75, 3.05) is 47.1 Å². The van der Waals surface area contributed by atoms with Crippen LogP contribution in [0.2, 0.25) is 0 Å². The van der Waals surface area contributed by atoms with E-state index in [1.165, 1.54) is 0 Å². The van der Waals surface area contributed by atoms with Crippen molar-refractivity contribution >= 4 is 0 Å². The zero-order valence-corrected chi connectivity index (χ0v) is 9.11. The van der Waals surface area contributed by atoms with Gasteiger partial charge in [-0.3, -0.25) is 0 Å². The molecule has 2 atom stereocenters. The Kier molecular flexibility index (Phi) is 5.40. The van der Waals surface area contributed by atoms with Gasteiger partial charge < -0.3 is 19.5 Å². The van der Waals surface area contributed by atoms with Gasteiger partial charge in [0.15, 0.2) is 0 Å². The van der Waals surface area contributed by atoms with Crippen LogP contribution in [0.4, 0.5) is 0 Å². The van der Waals surface area contributed by atoms with Crippen molar-refractivity contribution in [2.24, 2.45) is 5.92 Å². The Labute approximate surface area is 85.8 Å². The molecule has 0 aliphatic carbocycles. The third-order valence-corrected chi connectivity index (χ3v) is 2.48. The van der Waals surface area contributed by atoms with Crippen molar-refractivity contribution in [2.45, 2.75) is 12.5 Å². The first kappa shape index (κ1) is 11.9. The Hall–Kier alpha value is -0.160. The minimum absolute atomic E-state index is 0.382. The summed E-state index contributed by atoms with van der Waals surface area (Å²) in [5.74, 6) is 0.634. The summed E-state index contributed by atoms with van der Waals surface area (Å²) < 4.78 is 10.2. The number of rotatable bonds is 6. The van der Waals surface area contributed by atoms with E-state index >= 15 is 0 Å². The lowest BCUT2D eigenvalue weighted by Crippen LogP contribution is -2.35. The number of hydrogen-bond acceptors (Lipinski definition) is 4. The summed E-state index contributed by atoms with van der Waals surface area (Å²) in [5.41, 5.74) is 0. The predicted molar refractivity (Wildman–Crippen MR) is 54.3 cm³/mol. The number of aliphatic hydroxyl groups is 1. The largest absolute Gasteiger partial charge is 0.389 e. The van der Waals surface area contributed by atoms with Gasteiger partial charge in [0, 0.05) is 26.8 Å². The monoisotopic (exact) mass is 203 g/mol. The fourth-order valence-corrected chi connectivity index (χ4v) is 1.85. The normalized spacial score (nSPS) is 24.4. The van der Waals surface area contributed by atoms with Gasteiger partial charge in [0.2, 0.25) is 0 Å². The van der Waals surface area contributed by atoms with Crippen LogP contribution in [0.25, 0.3) is 0 Å². The predicted octanol–water partition coefficient (Wildman–Crippen LogP) is -0.0380. The second-order valence-corrected chi connectivity index (χ2v) is 4.06. The lowest BCUT2D eigenvalue weighted by atomic mass is 10.1. The molecule has 0 amide bonds. The maximum Gasteiger partial charge on any atom is 0.0899 e. The van der Waals surface area contributed by atoms with E-state index in [-0.39, 0.29) is 6.10 Å². The topological polar surface area (TPSA) is 41.9 Å². The van der Waals surface area contributed by atoms with Gasteiger partial charge in [-0.15, -0.1) is 0 Å². The molecule has 0 aromatic rings. The smallest absolute Gasteiger partial charge is 0.0899 e. The van der Waals surface area contributed by atoms with Crippen LogP contribution in [-0.4, -0.2) is 63.2 Å². The third-order valence-electron chi connectivity index (χ3n) is 2.48. The molecule has 1 fully saturated rings. The molecule has 1 heterocycles. The van der Waals surface area contributed by atoms with E-state index in [0.29, 0.717) is 19.1 Å². The molecular formula is C10H21NO3.